The number of anilines is 2. The molecule has 0 fully saturated rings. The standard InChI is InChI=1S/C12H11Br2N5/c1-6-2-11(10(16)4-9(6)15)18-19-12-8(14)3-7(13)5-17-12/h2-5H,15-16H2,1H3. The number of aryl methyl sites for hydroxylation is 1. The van der Waals surface area contributed by atoms with Crippen molar-refractivity contribution in [2.45, 2.75) is 6.92 Å². The Balaban J connectivity index is 2.35. The Morgan fingerprint density at radius 2 is 1.79 bits per heavy atom. The molecule has 1 aromatic heterocycles. The summed E-state index contributed by atoms with van der Waals surface area (Å²) in [7, 11) is 0. The van der Waals surface area contributed by atoms with Crippen molar-refractivity contribution in [3.8, 4) is 0 Å². The van der Waals surface area contributed by atoms with Crippen LogP contribution in [0.4, 0.5) is 22.9 Å². The van der Waals surface area contributed by atoms with Crippen LogP contribution in [0.3, 0.4) is 0 Å². The molecular formula is C12H11Br2N5. The summed E-state index contributed by atoms with van der Waals surface area (Å²) >= 11 is 6.69. The van der Waals surface area contributed by atoms with E-state index in [9.17, 15) is 0 Å². The molecule has 0 atom stereocenters. The van der Waals surface area contributed by atoms with Crippen molar-refractivity contribution in [3.63, 3.8) is 0 Å². The van der Waals surface area contributed by atoms with Crippen molar-refractivity contribution >= 4 is 54.7 Å². The summed E-state index contributed by atoms with van der Waals surface area (Å²) in [4.78, 5) is 4.14. The summed E-state index contributed by atoms with van der Waals surface area (Å²) in [5, 5.41) is 8.18. The van der Waals surface area contributed by atoms with Crippen LogP contribution in [-0.4, -0.2) is 4.98 Å². The Morgan fingerprint density at radius 3 is 2.47 bits per heavy atom. The van der Waals surface area contributed by atoms with E-state index < -0.39 is 0 Å². The summed E-state index contributed by atoms with van der Waals surface area (Å²) in [5.41, 5.74) is 14.2. The summed E-state index contributed by atoms with van der Waals surface area (Å²) in [6, 6.07) is 5.31. The molecule has 0 aliphatic carbocycles. The van der Waals surface area contributed by atoms with Crippen LogP contribution in [0.2, 0.25) is 0 Å². The second-order valence-corrected chi connectivity index (χ2v) is 5.70. The van der Waals surface area contributed by atoms with Crippen molar-refractivity contribution in [2.75, 3.05) is 11.5 Å². The number of nitrogens with zero attached hydrogens (tertiary/aromatic N) is 3. The Bertz CT molecular complexity index is 655. The Kier molecular flexibility index (Phi) is 4.16. The lowest BCUT2D eigenvalue weighted by Gasteiger charge is -2.04. The van der Waals surface area contributed by atoms with Crippen LogP contribution in [0.15, 0.2) is 43.6 Å². The van der Waals surface area contributed by atoms with Crippen molar-refractivity contribution in [1.29, 1.82) is 0 Å². The third-order valence-electron chi connectivity index (χ3n) is 2.46. The van der Waals surface area contributed by atoms with Gasteiger partial charge in [-0.1, -0.05) is 0 Å². The molecule has 19 heavy (non-hydrogen) atoms. The monoisotopic (exact) mass is 383 g/mol. The number of azo groups is 1. The molecule has 0 bridgehead atoms. The number of aromatic nitrogens is 1. The third kappa shape index (κ3) is 3.30. The quantitative estimate of drug-likeness (QED) is 0.590. The van der Waals surface area contributed by atoms with Crippen LogP contribution in [0.1, 0.15) is 5.56 Å². The SMILES string of the molecule is Cc1cc(N=Nc2ncc(Br)cc2Br)c(N)cc1N. The van der Waals surface area contributed by atoms with E-state index >= 15 is 0 Å². The van der Waals surface area contributed by atoms with Gasteiger partial charge in [0.1, 0.15) is 5.69 Å². The van der Waals surface area contributed by atoms with Crippen LogP contribution in [0, 0.1) is 6.92 Å². The lowest BCUT2D eigenvalue weighted by molar-refractivity contribution is 1.14. The van der Waals surface area contributed by atoms with Gasteiger partial charge in [0, 0.05) is 16.4 Å². The summed E-state index contributed by atoms with van der Waals surface area (Å²) in [6.45, 7) is 1.89. The molecule has 98 valence electrons. The smallest absolute Gasteiger partial charge is 0.188 e. The number of nitrogens with two attached hydrogens (primary N) is 2. The van der Waals surface area contributed by atoms with E-state index in [2.05, 4.69) is 47.1 Å². The molecule has 1 aromatic carbocycles. The van der Waals surface area contributed by atoms with Crippen molar-refractivity contribution in [2.24, 2.45) is 10.2 Å². The van der Waals surface area contributed by atoms with Gasteiger partial charge >= 0.3 is 0 Å². The molecule has 0 radical (unpaired) electrons. The molecule has 0 amide bonds. The van der Waals surface area contributed by atoms with E-state index in [1.54, 1.807) is 18.3 Å². The number of benzene rings is 1. The minimum Gasteiger partial charge on any atom is -0.398 e. The minimum absolute atomic E-state index is 0.483. The zero-order chi connectivity index (χ0) is 14.0. The Morgan fingerprint density at radius 1 is 1.05 bits per heavy atom. The van der Waals surface area contributed by atoms with Gasteiger partial charge < -0.3 is 11.5 Å². The van der Waals surface area contributed by atoms with Crippen LogP contribution in [0.5, 0.6) is 0 Å². The summed E-state index contributed by atoms with van der Waals surface area (Å²) < 4.78 is 1.61. The molecule has 0 aliphatic rings. The topological polar surface area (TPSA) is 89.6 Å². The number of hydrogen-bond acceptors (Lipinski definition) is 5. The fourth-order valence-electron chi connectivity index (χ4n) is 1.40. The first-order chi connectivity index (χ1) is 8.97. The molecule has 0 aliphatic heterocycles. The zero-order valence-electron chi connectivity index (χ0n) is 10.1. The lowest BCUT2D eigenvalue weighted by Crippen LogP contribution is -1.93. The van der Waals surface area contributed by atoms with E-state index in [1.165, 1.54) is 0 Å². The largest absolute Gasteiger partial charge is 0.398 e. The van der Waals surface area contributed by atoms with Crippen molar-refractivity contribution in [3.05, 3.63) is 38.9 Å². The highest BCUT2D eigenvalue weighted by molar-refractivity contribution is 9.11. The van der Waals surface area contributed by atoms with Crippen LogP contribution in [-0.2, 0) is 0 Å². The van der Waals surface area contributed by atoms with Gasteiger partial charge in [-0.3, -0.25) is 0 Å². The first kappa shape index (κ1) is 14.0. The van der Waals surface area contributed by atoms with Crippen LogP contribution < -0.4 is 11.5 Å². The Labute approximate surface area is 127 Å². The summed E-state index contributed by atoms with van der Waals surface area (Å²) in [6.07, 6.45) is 1.65. The van der Waals surface area contributed by atoms with Crippen LogP contribution in [0.25, 0.3) is 0 Å². The van der Waals surface area contributed by atoms with E-state index in [0.29, 0.717) is 22.9 Å². The molecule has 0 unspecified atom stereocenters. The van der Waals surface area contributed by atoms with E-state index in [0.717, 1.165) is 14.5 Å². The molecular weight excluding hydrogens is 374 g/mol. The molecule has 2 rings (SSSR count). The second kappa shape index (κ2) is 5.66. The number of pyridine rings is 1. The highest BCUT2D eigenvalue weighted by atomic mass is 79.9. The molecule has 2 aromatic rings. The van der Waals surface area contributed by atoms with Gasteiger partial charge in [0.15, 0.2) is 5.82 Å². The maximum Gasteiger partial charge on any atom is 0.188 e. The zero-order valence-corrected chi connectivity index (χ0v) is 13.2. The molecule has 0 saturated heterocycles. The molecule has 0 saturated carbocycles. The van der Waals surface area contributed by atoms with Gasteiger partial charge in [0.25, 0.3) is 0 Å². The maximum absolute atomic E-state index is 5.84. The van der Waals surface area contributed by atoms with Gasteiger partial charge in [-0.05, 0) is 62.5 Å². The van der Waals surface area contributed by atoms with Gasteiger partial charge in [-0.2, -0.15) is 0 Å². The van der Waals surface area contributed by atoms with Gasteiger partial charge in [-0.15, -0.1) is 10.2 Å². The number of nitrogen functional groups attached to an aromatic ring is 2. The van der Waals surface area contributed by atoms with E-state index in [4.69, 9.17) is 11.5 Å². The minimum atomic E-state index is 0.483. The molecule has 5 nitrogen and oxygen atoms in total. The predicted octanol–water partition coefficient (Wildman–Crippen LogP) is 4.49. The first-order valence-corrected chi connectivity index (χ1v) is 6.94. The third-order valence-corrected chi connectivity index (χ3v) is 3.47. The fraction of sp³-hybridized carbons (Fsp3) is 0.0833. The highest BCUT2D eigenvalue weighted by Crippen LogP contribution is 2.31. The second-order valence-electron chi connectivity index (χ2n) is 3.93. The first-order valence-electron chi connectivity index (χ1n) is 5.36. The highest BCUT2D eigenvalue weighted by Gasteiger charge is 2.04. The lowest BCUT2D eigenvalue weighted by atomic mass is 10.1. The molecule has 7 heteroatoms. The van der Waals surface area contributed by atoms with Gasteiger partial charge in [0.05, 0.1) is 10.2 Å². The molecule has 1 heterocycles. The normalized spacial score (nSPS) is 11.1. The average molecular weight is 385 g/mol. The number of hydrogen-bond donors (Lipinski definition) is 2. The van der Waals surface area contributed by atoms with E-state index in [1.807, 2.05) is 13.0 Å². The Hall–Kier alpha value is -1.47. The van der Waals surface area contributed by atoms with Crippen LogP contribution >= 0.6 is 31.9 Å². The molecule has 0 spiro atoms. The summed E-state index contributed by atoms with van der Waals surface area (Å²) in [5.74, 6) is 0.483. The van der Waals surface area contributed by atoms with Crippen molar-refractivity contribution < 1.29 is 0 Å². The predicted molar refractivity (Wildman–Crippen MR) is 83.8 cm³/mol. The average Bonchev–Trinajstić information content (AvgIpc) is 2.34. The van der Waals surface area contributed by atoms with Gasteiger partial charge in [-0.25, -0.2) is 4.98 Å². The fourth-order valence-corrected chi connectivity index (χ4v) is 2.46. The number of halogens is 2. The molecule has 4 N–H and O–H groups in total. The maximum atomic E-state index is 5.84. The van der Waals surface area contributed by atoms with Crippen molar-refractivity contribution in [1.82, 2.24) is 4.98 Å². The number of rotatable bonds is 2. The van der Waals surface area contributed by atoms with E-state index in [-0.39, 0.29) is 0 Å². The van der Waals surface area contributed by atoms with Gasteiger partial charge in [0.2, 0.25) is 0 Å².